The van der Waals surface area contributed by atoms with Crippen molar-refractivity contribution in [1.82, 2.24) is 29.6 Å². The Morgan fingerprint density at radius 2 is 1.68 bits per heavy atom. The number of nitrogens with one attached hydrogen (secondary N) is 2. The molecule has 0 radical (unpaired) electrons. The van der Waals surface area contributed by atoms with Gasteiger partial charge in [0, 0.05) is 13.2 Å². The van der Waals surface area contributed by atoms with Gasteiger partial charge in [-0.25, -0.2) is 18.4 Å². The van der Waals surface area contributed by atoms with Crippen molar-refractivity contribution in [3.05, 3.63) is 36.3 Å². The van der Waals surface area contributed by atoms with Crippen LogP contribution in [-0.2, 0) is 16.9 Å². The highest BCUT2D eigenvalue weighted by Crippen LogP contribution is 2.38. The number of hydrogen-bond donors (Lipinski definition) is 2. The molecule has 11 nitrogen and oxygen atoms in total. The third-order valence-electron chi connectivity index (χ3n) is 6.76. The number of benzene rings is 1. The van der Waals surface area contributed by atoms with Crippen LogP contribution in [0.15, 0.2) is 35.7 Å². The van der Waals surface area contributed by atoms with Gasteiger partial charge in [-0.1, -0.05) is 6.07 Å². The third kappa shape index (κ3) is 5.85. The van der Waals surface area contributed by atoms with Crippen LogP contribution in [0.4, 0.5) is 23.3 Å². The monoisotopic (exact) mass is 526 g/mol. The number of likely N-dealkylation sites (tertiary alicyclic amines) is 1. The number of sulfone groups is 1. The van der Waals surface area contributed by atoms with Gasteiger partial charge in [0.2, 0.25) is 26.8 Å². The van der Waals surface area contributed by atoms with Crippen LogP contribution in [-0.4, -0.2) is 69.5 Å². The van der Waals surface area contributed by atoms with E-state index in [0.717, 1.165) is 50.2 Å². The highest BCUT2D eigenvalue weighted by atomic mass is 32.2. The van der Waals surface area contributed by atoms with Gasteiger partial charge in [-0.2, -0.15) is 10.1 Å². The van der Waals surface area contributed by atoms with E-state index in [1.807, 2.05) is 6.07 Å². The van der Waals surface area contributed by atoms with Crippen molar-refractivity contribution >= 4 is 33.1 Å². The SMILES string of the molecule is CC(C)S(=O)(=O)c1nn(C)cc1Nc1ncnc(Nc2ccc(C3CCN(C)CC3)cc2OC2CC2)n1. The van der Waals surface area contributed by atoms with Crippen molar-refractivity contribution in [1.29, 1.82) is 0 Å². The molecule has 5 rings (SSSR count). The molecule has 2 aliphatic rings. The molecule has 12 heteroatoms. The van der Waals surface area contributed by atoms with E-state index in [0.29, 0.717) is 17.6 Å². The fourth-order valence-electron chi connectivity index (χ4n) is 4.35. The average molecular weight is 527 g/mol. The summed E-state index contributed by atoms with van der Waals surface area (Å²) in [5.74, 6) is 1.85. The van der Waals surface area contributed by atoms with Crippen LogP contribution < -0.4 is 15.4 Å². The molecule has 37 heavy (non-hydrogen) atoms. The van der Waals surface area contributed by atoms with Crippen LogP contribution in [0.1, 0.15) is 51.0 Å². The van der Waals surface area contributed by atoms with Gasteiger partial charge in [-0.15, -0.1) is 0 Å². The number of ether oxygens (including phenoxy) is 1. The molecule has 198 valence electrons. The molecule has 1 aliphatic carbocycles. The van der Waals surface area contributed by atoms with E-state index in [1.165, 1.54) is 16.6 Å². The molecule has 2 aromatic heterocycles. The van der Waals surface area contributed by atoms with E-state index in [-0.39, 0.29) is 17.1 Å². The summed E-state index contributed by atoms with van der Waals surface area (Å²) in [5, 5.41) is 9.75. The number of piperidine rings is 1. The molecule has 1 aliphatic heterocycles. The molecule has 0 unspecified atom stereocenters. The lowest BCUT2D eigenvalue weighted by Crippen LogP contribution is -2.29. The zero-order valence-corrected chi connectivity index (χ0v) is 22.5. The Labute approximate surface area is 217 Å². The second-order valence-corrected chi connectivity index (χ2v) is 12.6. The Balaban J connectivity index is 1.37. The lowest BCUT2D eigenvalue weighted by atomic mass is 9.89. The van der Waals surface area contributed by atoms with Crippen LogP contribution in [0.25, 0.3) is 0 Å². The minimum Gasteiger partial charge on any atom is -0.488 e. The van der Waals surface area contributed by atoms with Crippen LogP contribution in [0, 0.1) is 0 Å². The fourth-order valence-corrected chi connectivity index (χ4v) is 5.45. The normalized spacial score (nSPS) is 17.2. The molecule has 1 saturated heterocycles. The summed E-state index contributed by atoms with van der Waals surface area (Å²) in [5.41, 5.74) is 2.39. The van der Waals surface area contributed by atoms with Gasteiger partial charge in [-0.3, -0.25) is 4.68 Å². The van der Waals surface area contributed by atoms with Gasteiger partial charge in [-0.05, 0) is 83.3 Å². The molecule has 1 saturated carbocycles. The molecular formula is C25H34N8O3S. The third-order valence-corrected chi connectivity index (χ3v) is 8.85. The van der Waals surface area contributed by atoms with Crippen LogP contribution >= 0.6 is 0 Å². The number of aryl methyl sites for hydroxylation is 1. The number of rotatable bonds is 9. The Hall–Kier alpha value is -3.25. The number of nitrogens with zero attached hydrogens (tertiary/aromatic N) is 6. The molecule has 0 amide bonds. The minimum atomic E-state index is -3.59. The number of aromatic nitrogens is 5. The Kier molecular flexibility index (Phi) is 7.04. The maximum atomic E-state index is 12.8. The lowest BCUT2D eigenvalue weighted by molar-refractivity contribution is 0.254. The van der Waals surface area contributed by atoms with Crippen molar-refractivity contribution < 1.29 is 13.2 Å². The van der Waals surface area contributed by atoms with Gasteiger partial charge in [0.25, 0.3) is 0 Å². The van der Waals surface area contributed by atoms with Crippen molar-refractivity contribution in [2.45, 2.75) is 61.8 Å². The highest BCUT2D eigenvalue weighted by Gasteiger charge is 2.28. The molecule has 3 heterocycles. The molecule has 2 N–H and O–H groups in total. The first kappa shape index (κ1) is 25.4. The molecule has 3 aromatic rings. The fraction of sp³-hybridized carbons (Fsp3) is 0.520. The maximum absolute atomic E-state index is 12.8. The van der Waals surface area contributed by atoms with Crippen LogP contribution in [0.3, 0.4) is 0 Å². The summed E-state index contributed by atoms with van der Waals surface area (Å²) >= 11 is 0. The predicted octanol–water partition coefficient (Wildman–Crippen LogP) is 3.62. The highest BCUT2D eigenvalue weighted by molar-refractivity contribution is 7.92. The van der Waals surface area contributed by atoms with Crippen molar-refractivity contribution in [3.63, 3.8) is 0 Å². The second kappa shape index (κ2) is 10.3. The van der Waals surface area contributed by atoms with Gasteiger partial charge in [0.05, 0.1) is 22.7 Å². The molecule has 0 atom stereocenters. The van der Waals surface area contributed by atoms with Gasteiger partial charge in [0.1, 0.15) is 12.1 Å². The standard InChI is InChI=1S/C25H34N8O3S/c1-16(2)37(34,35)23-21(14-33(4)31-23)29-25-27-15-26-24(30-25)28-20-8-5-18(13-22(20)36-19-6-7-19)17-9-11-32(3)12-10-17/h5,8,13-17,19H,6-7,9-12H2,1-4H3,(H2,26,27,28,29,30). The van der Waals surface area contributed by atoms with E-state index in [2.05, 4.69) is 54.8 Å². The predicted molar refractivity (Wildman–Crippen MR) is 141 cm³/mol. The lowest BCUT2D eigenvalue weighted by Gasteiger charge is -2.29. The van der Waals surface area contributed by atoms with E-state index in [9.17, 15) is 8.42 Å². The zero-order valence-electron chi connectivity index (χ0n) is 21.7. The summed E-state index contributed by atoms with van der Waals surface area (Å²) in [6, 6.07) is 6.32. The average Bonchev–Trinajstić information content (AvgIpc) is 3.60. The Morgan fingerprint density at radius 1 is 1.00 bits per heavy atom. The van der Waals surface area contributed by atoms with Gasteiger partial charge >= 0.3 is 0 Å². The second-order valence-electron chi connectivity index (χ2n) is 10.1. The smallest absolute Gasteiger partial charge is 0.232 e. The number of hydrogen-bond acceptors (Lipinski definition) is 10. The van der Waals surface area contributed by atoms with Crippen molar-refractivity contribution in [3.8, 4) is 5.75 Å². The molecule has 0 spiro atoms. The van der Waals surface area contributed by atoms with Gasteiger partial charge < -0.3 is 20.3 Å². The minimum absolute atomic E-state index is 0.0375. The van der Waals surface area contributed by atoms with Crippen molar-refractivity contribution in [2.24, 2.45) is 7.05 Å². The van der Waals surface area contributed by atoms with E-state index in [4.69, 9.17) is 4.74 Å². The first-order valence-corrected chi connectivity index (χ1v) is 14.2. The quantitative estimate of drug-likeness (QED) is 0.427. The van der Waals surface area contributed by atoms with E-state index in [1.54, 1.807) is 27.1 Å². The summed E-state index contributed by atoms with van der Waals surface area (Å²) in [4.78, 5) is 15.3. The number of anilines is 4. The Bertz CT molecular complexity index is 1360. The topological polar surface area (TPSA) is 127 Å². The first-order valence-electron chi connectivity index (χ1n) is 12.7. The van der Waals surface area contributed by atoms with Crippen LogP contribution in [0.2, 0.25) is 0 Å². The molecule has 1 aromatic carbocycles. The maximum Gasteiger partial charge on any atom is 0.232 e. The van der Waals surface area contributed by atoms with Gasteiger partial charge in [0.15, 0.2) is 0 Å². The van der Waals surface area contributed by atoms with E-state index < -0.39 is 15.1 Å². The summed E-state index contributed by atoms with van der Waals surface area (Å²) < 4.78 is 33.2. The zero-order chi connectivity index (χ0) is 26.2. The largest absolute Gasteiger partial charge is 0.488 e. The summed E-state index contributed by atoms with van der Waals surface area (Å²) in [6.07, 6.45) is 7.61. The molecule has 2 fully saturated rings. The molecule has 0 bridgehead atoms. The molecular weight excluding hydrogens is 492 g/mol. The van der Waals surface area contributed by atoms with Crippen LogP contribution in [0.5, 0.6) is 5.75 Å². The first-order chi connectivity index (χ1) is 17.7. The Morgan fingerprint density at radius 3 is 2.32 bits per heavy atom. The summed E-state index contributed by atoms with van der Waals surface area (Å²) in [7, 11) is 0.242. The van der Waals surface area contributed by atoms with Crippen molar-refractivity contribution in [2.75, 3.05) is 30.8 Å². The summed E-state index contributed by atoms with van der Waals surface area (Å²) in [6.45, 7) is 5.44. The van der Waals surface area contributed by atoms with E-state index >= 15 is 0 Å².